The lowest BCUT2D eigenvalue weighted by Crippen LogP contribution is -1.91. The fourth-order valence-electron chi connectivity index (χ4n) is 0.891. The van der Waals surface area contributed by atoms with Crippen LogP contribution in [0.4, 0.5) is 8.78 Å². The second-order valence-corrected chi connectivity index (χ2v) is 2.51. The molecule has 0 bridgehead atoms. The van der Waals surface area contributed by atoms with Crippen LogP contribution in [0.5, 0.6) is 0 Å². The van der Waals surface area contributed by atoms with Crippen molar-refractivity contribution in [2.45, 2.75) is 13.0 Å². The topological polar surface area (TPSA) is 36.2 Å². The van der Waals surface area contributed by atoms with Gasteiger partial charge in [0.2, 0.25) is 0 Å². The molecule has 1 unspecified atom stereocenters. The molecule has 0 aliphatic heterocycles. The molecule has 0 spiro atoms. The fraction of sp³-hybridized carbons (Fsp3) is 0.250. The first-order valence-electron chi connectivity index (χ1n) is 3.46. The van der Waals surface area contributed by atoms with E-state index in [4.69, 9.17) is 5.53 Å². The van der Waals surface area contributed by atoms with Gasteiger partial charge in [0.25, 0.3) is 0 Å². The van der Waals surface area contributed by atoms with E-state index in [0.29, 0.717) is 5.56 Å². The van der Waals surface area contributed by atoms with Crippen molar-refractivity contribution >= 4 is 0 Å². The molecule has 1 atom stereocenters. The third kappa shape index (κ3) is 1.84. The maximum absolute atomic E-state index is 12.6. The SMILES string of the molecule is CC(N=N)c1cc(F)cc(F)c1. The average Bonchev–Trinajstić information content (AvgIpc) is 2.01. The van der Waals surface area contributed by atoms with Crippen molar-refractivity contribution in [1.29, 1.82) is 5.53 Å². The Morgan fingerprint density at radius 1 is 1.25 bits per heavy atom. The van der Waals surface area contributed by atoms with Crippen LogP contribution < -0.4 is 0 Å². The molecule has 1 aromatic carbocycles. The summed E-state index contributed by atoms with van der Waals surface area (Å²) >= 11 is 0. The summed E-state index contributed by atoms with van der Waals surface area (Å²) in [5.74, 6) is -1.28. The van der Waals surface area contributed by atoms with Crippen molar-refractivity contribution in [3.8, 4) is 0 Å². The summed E-state index contributed by atoms with van der Waals surface area (Å²) in [4.78, 5) is 0. The van der Waals surface area contributed by atoms with Gasteiger partial charge in [-0.05, 0) is 24.6 Å². The van der Waals surface area contributed by atoms with E-state index in [1.165, 1.54) is 12.1 Å². The van der Waals surface area contributed by atoms with E-state index in [2.05, 4.69) is 5.11 Å². The first-order chi connectivity index (χ1) is 5.63. The normalized spacial score (nSPS) is 12.6. The van der Waals surface area contributed by atoms with Gasteiger partial charge in [0.05, 0.1) is 6.04 Å². The highest BCUT2D eigenvalue weighted by Gasteiger charge is 2.06. The summed E-state index contributed by atoms with van der Waals surface area (Å²) in [6, 6.07) is 2.65. The van der Waals surface area contributed by atoms with Gasteiger partial charge in [0, 0.05) is 6.07 Å². The van der Waals surface area contributed by atoms with Crippen LogP contribution in [0.1, 0.15) is 18.5 Å². The van der Waals surface area contributed by atoms with Gasteiger partial charge < -0.3 is 0 Å². The summed E-state index contributed by atoms with van der Waals surface area (Å²) < 4.78 is 25.2. The first kappa shape index (κ1) is 8.77. The molecule has 64 valence electrons. The number of halogens is 2. The van der Waals surface area contributed by atoms with Crippen molar-refractivity contribution in [3.05, 3.63) is 35.4 Å². The molecule has 0 aliphatic rings. The number of nitrogens with zero attached hydrogens (tertiary/aromatic N) is 1. The number of rotatable bonds is 2. The quantitative estimate of drug-likeness (QED) is 0.662. The smallest absolute Gasteiger partial charge is 0.126 e. The molecule has 1 rings (SSSR count). The van der Waals surface area contributed by atoms with E-state index >= 15 is 0 Å². The first-order valence-corrected chi connectivity index (χ1v) is 3.46. The molecule has 12 heavy (non-hydrogen) atoms. The molecule has 0 aromatic heterocycles. The summed E-state index contributed by atoms with van der Waals surface area (Å²) in [5, 5.41) is 3.16. The van der Waals surface area contributed by atoms with Crippen molar-refractivity contribution in [3.63, 3.8) is 0 Å². The summed E-state index contributed by atoms with van der Waals surface area (Å²) in [7, 11) is 0. The molecule has 4 heteroatoms. The molecule has 0 heterocycles. The summed E-state index contributed by atoms with van der Waals surface area (Å²) in [6.45, 7) is 1.60. The number of hydrogen-bond acceptors (Lipinski definition) is 2. The molecule has 0 amide bonds. The highest BCUT2D eigenvalue weighted by molar-refractivity contribution is 5.20. The second kappa shape index (κ2) is 3.38. The van der Waals surface area contributed by atoms with Crippen LogP contribution in [-0.4, -0.2) is 0 Å². The van der Waals surface area contributed by atoms with Gasteiger partial charge >= 0.3 is 0 Å². The van der Waals surface area contributed by atoms with Crippen LogP contribution in [0.3, 0.4) is 0 Å². The van der Waals surface area contributed by atoms with Gasteiger partial charge in [-0.1, -0.05) is 0 Å². The minimum Gasteiger partial charge on any atom is -0.209 e. The maximum atomic E-state index is 12.6. The lowest BCUT2D eigenvalue weighted by Gasteiger charge is -2.03. The van der Waals surface area contributed by atoms with Crippen LogP contribution in [0.25, 0.3) is 0 Å². The molecule has 0 saturated heterocycles. The Bertz CT molecular complexity index is 279. The standard InChI is InChI=1S/C8H8F2N2/c1-5(12-11)6-2-7(9)4-8(10)3-6/h2-5,11H,1H3. The average molecular weight is 170 g/mol. The highest BCUT2D eigenvalue weighted by Crippen LogP contribution is 2.18. The van der Waals surface area contributed by atoms with Crippen LogP contribution in [-0.2, 0) is 0 Å². The van der Waals surface area contributed by atoms with E-state index in [1.807, 2.05) is 0 Å². The number of benzene rings is 1. The van der Waals surface area contributed by atoms with Crippen LogP contribution >= 0.6 is 0 Å². The van der Waals surface area contributed by atoms with Crippen molar-refractivity contribution in [1.82, 2.24) is 0 Å². The largest absolute Gasteiger partial charge is 0.209 e. The minimum atomic E-state index is -0.638. The monoisotopic (exact) mass is 170 g/mol. The van der Waals surface area contributed by atoms with Gasteiger partial charge in [-0.25, -0.2) is 14.3 Å². The molecular formula is C8H8F2N2. The lowest BCUT2D eigenvalue weighted by molar-refractivity contribution is 0.574. The minimum absolute atomic E-state index is 0.377. The molecule has 2 nitrogen and oxygen atoms in total. The van der Waals surface area contributed by atoms with E-state index in [0.717, 1.165) is 6.07 Å². The number of nitrogens with one attached hydrogen (secondary N) is 1. The van der Waals surface area contributed by atoms with Gasteiger partial charge in [-0.3, -0.25) is 0 Å². The molecule has 0 saturated carbocycles. The van der Waals surface area contributed by atoms with Crippen LogP contribution in [0.15, 0.2) is 23.3 Å². The highest BCUT2D eigenvalue weighted by atomic mass is 19.1. The van der Waals surface area contributed by atoms with Crippen molar-refractivity contribution in [2.75, 3.05) is 0 Å². The van der Waals surface area contributed by atoms with E-state index in [-0.39, 0.29) is 0 Å². The summed E-state index contributed by atoms with van der Waals surface area (Å²) in [6.07, 6.45) is 0. The molecule has 0 aliphatic carbocycles. The number of hydrogen-bond donors (Lipinski definition) is 1. The predicted molar refractivity (Wildman–Crippen MR) is 39.9 cm³/mol. The van der Waals surface area contributed by atoms with E-state index < -0.39 is 17.7 Å². The Hall–Kier alpha value is -1.32. The second-order valence-electron chi connectivity index (χ2n) is 2.51. The Labute approximate surface area is 68.7 Å². The van der Waals surface area contributed by atoms with Gasteiger partial charge in [-0.2, -0.15) is 5.11 Å². The van der Waals surface area contributed by atoms with Gasteiger partial charge in [-0.15, -0.1) is 0 Å². The van der Waals surface area contributed by atoms with Crippen molar-refractivity contribution in [2.24, 2.45) is 5.11 Å². The molecule has 1 aromatic rings. The Morgan fingerprint density at radius 2 is 1.75 bits per heavy atom. The Kier molecular flexibility index (Phi) is 2.47. The maximum Gasteiger partial charge on any atom is 0.126 e. The van der Waals surface area contributed by atoms with Crippen molar-refractivity contribution < 1.29 is 8.78 Å². The third-order valence-corrected chi connectivity index (χ3v) is 1.56. The molecule has 1 N–H and O–H groups in total. The van der Waals surface area contributed by atoms with Crippen LogP contribution in [0.2, 0.25) is 0 Å². The predicted octanol–water partition coefficient (Wildman–Crippen LogP) is 3.06. The third-order valence-electron chi connectivity index (χ3n) is 1.56. The zero-order valence-corrected chi connectivity index (χ0v) is 6.51. The van der Waals surface area contributed by atoms with Gasteiger partial charge in [0.15, 0.2) is 0 Å². The molecular weight excluding hydrogens is 162 g/mol. The molecule has 0 fully saturated rings. The Balaban J connectivity index is 3.08. The zero-order valence-electron chi connectivity index (χ0n) is 6.51. The summed E-state index contributed by atoms with van der Waals surface area (Å²) in [5.41, 5.74) is 7.04. The van der Waals surface area contributed by atoms with Gasteiger partial charge in [0.1, 0.15) is 11.6 Å². The zero-order chi connectivity index (χ0) is 9.14. The van der Waals surface area contributed by atoms with E-state index in [9.17, 15) is 8.78 Å². The van der Waals surface area contributed by atoms with Crippen LogP contribution in [0, 0.1) is 17.2 Å². The lowest BCUT2D eigenvalue weighted by atomic mass is 10.1. The van der Waals surface area contributed by atoms with E-state index in [1.54, 1.807) is 6.92 Å². The fourth-order valence-corrected chi connectivity index (χ4v) is 0.891. The molecule has 0 radical (unpaired) electrons. The Morgan fingerprint density at radius 3 is 2.17 bits per heavy atom.